The number of carbonyl (C=O) groups excluding carboxylic acids is 1. The summed E-state index contributed by atoms with van der Waals surface area (Å²) >= 11 is 13.3. The number of anilines is 1. The van der Waals surface area contributed by atoms with Gasteiger partial charge in [-0.15, -0.1) is 0 Å². The Morgan fingerprint density at radius 1 is 1.00 bits per heavy atom. The van der Waals surface area contributed by atoms with E-state index in [0.717, 1.165) is 5.56 Å². The van der Waals surface area contributed by atoms with Crippen LogP contribution in [0.5, 0.6) is 0 Å². The highest BCUT2D eigenvalue weighted by molar-refractivity contribution is 7.99. The van der Waals surface area contributed by atoms with E-state index < -0.39 is 0 Å². The van der Waals surface area contributed by atoms with Crippen LogP contribution in [-0.4, -0.2) is 21.2 Å². The van der Waals surface area contributed by atoms with Crippen molar-refractivity contribution in [1.29, 1.82) is 0 Å². The van der Waals surface area contributed by atoms with E-state index in [1.54, 1.807) is 34.9 Å². The average Bonchev–Trinajstić information content (AvgIpc) is 2.78. The Morgan fingerprint density at radius 2 is 1.74 bits per heavy atom. The van der Waals surface area contributed by atoms with E-state index >= 15 is 0 Å². The highest BCUT2D eigenvalue weighted by Crippen LogP contribution is 2.26. The van der Waals surface area contributed by atoms with Crippen LogP contribution in [0.3, 0.4) is 0 Å². The Labute approximate surface area is 193 Å². The summed E-state index contributed by atoms with van der Waals surface area (Å²) in [7, 11) is 0. The summed E-state index contributed by atoms with van der Waals surface area (Å²) in [5, 5.41) is 4.63. The molecule has 0 bridgehead atoms. The Hall–Kier alpha value is -2.80. The van der Waals surface area contributed by atoms with Gasteiger partial charge in [0.2, 0.25) is 5.91 Å². The summed E-state index contributed by atoms with van der Waals surface area (Å²) in [6.07, 6.45) is 0. The SMILES string of the molecule is O=C(CSc1nc2ccccc2c(=O)n1Cc1ccccc1)Nc1cc(Cl)ccc1Cl. The number of aromatic nitrogens is 2. The van der Waals surface area contributed by atoms with Gasteiger partial charge in [-0.2, -0.15) is 0 Å². The molecule has 1 aromatic heterocycles. The molecule has 0 saturated carbocycles. The minimum atomic E-state index is -0.275. The van der Waals surface area contributed by atoms with Crippen molar-refractivity contribution in [3.63, 3.8) is 0 Å². The number of para-hydroxylation sites is 1. The number of halogens is 2. The van der Waals surface area contributed by atoms with Gasteiger partial charge in [-0.05, 0) is 35.9 Å². The first-order chi connectivity index (χ1) is 15.0. The van der Waals surface area contributed by atoms with Crippen molar-refractivity contribution < 1.29 is 4.79 Å². The van der Waals surface area contributed by atoms with Crippen molar-refractivity contribution in [2.24, 2.45) is 0 Å². The van der Waals surface area contributed by atoms with Crippen molar-refractivity contribution in [3.8, 4) is 0 Å². The third kappa shape index (κ3) is 5.10. The lowest BCUT2D eigenvalue weighted by molar-refractivity contribution is -0.113. The number of hydrogen-bond acceptors (Lipinski definition) is 4. The minimum absolute atomic E-state index is 0.0579. The van der Waals surface area contributed by atoms with Gasteiger partial charge in [-0.3, -0.25) is 14.2 Å². The van der Waals surface area contributed by atoms with Gasteiger partial charge in [0.15, 0.2) is 5.16 Å². The van der Waals surface area contributed by atoms with E-state index in [-0.39, 0.29) is 17.2 Å². The molecule has 0 spiro atoms. The zero-order valence-corrected chi connectivity index (χ0v) is 18.5. The molecule has 0 aliphatic rings. The van der Waals surface area contributed by atoms with E-state index in [0.29, 0.717) is 38.3 Å². The number of rotatable bonds is 6. The first-order valence-corrected chi connectivity index (χ1v) is 11.2. The number of thioether (sulfide) groups is 1. The fourth-order valence-corrected chi connectivity index (χ4v) is 4.21. The van der Waals surface area contributed by atoms with Crippen LogP contribution in [0.4, 0.5) is 5.69 Å². The number of amides is 1. The van der Waals surface area contributed by atoms with Gasteiger partial charge in [-0.1, -0.05) is 77.4 Å². The Balaban J connectivity index is 1.61. The fourth-order valence-electron chi connectivity index (χ4n) is 3.07. The standard InChI is InChI=1S/C23H17Cl2N3O2S/c24-16-10-11-18(25)20(12-16)26-21(29)14-31-23-27-19-9-5-4-8-17(19)22(30)28(23)13-15-6-2-1-3-7-15/h1-12H,13-14H2,(H,26,29). The zero-order chi connectivity index (χ0) is 21.8. The summed E-state index contributed by atoms with van der Waals surface area (Å²) in [4.78, 5) is 30.3. The maximum atomic E-state index is 13.1. The molecular weight excluding hydrogens is 453 g/mol. The van der Waals surface area contributed by atoms with Crippen LogP contribution in [0.2, 0.25) is 10.0 Å². The van der Waals surface area contributed by atoms with E-state index in [2.05, 4.69) is 10.3 Å². The molecule has 156 valence electrons. The highest BCUT2D eigenvalue weighted by atomic mass is 35.5. The summed E-state index contributed by atoms with van der Waals surface area (Å²) in [5.74, 6) is -0.217. The number of nitrogens with one attached hydrogen (secondary N) is 1. The lowest BCUT2D eigenvalue weighted by atomic mass is 10.2. The molecule has 0 atom stereocenters. The average molecular weight is 470 g/mol. The predicted octanol–water partition coefficient (Wildman–Crippen LogP) is 5.48. The van der Waals surface area contributed by atoms with Gasteiger partial charge in [0, 0.05) is 5.02 Å². The summed E-state index contributed by atoms with van der Waals surface area (Å²) in [5.41, 5.74) is 1.86. The molecule has 0 fully saturated rings. The first-order valence-electron chi connectivity index (χ1n) is 9.42. The van der Waals surface area contributed by atoms with Crippen molar-refractivity contribution in [3.05, 3.63) is 98.8 Å². The van der Waals surface area contributed by atoms with E-state index in [9.17, 15) is 9.59 Å². The molecule has 1 N–H and O–H groups in total. The molecular formula is C23H17Cl2N3O2S. The van der Waals surface area contributed by atoms with E-state index in [1.807, 2.05) is 42.5 Å². The second-order valence-corrected chi connectivity index (χ2v) is 8.54. The van der Waals surface area contributed by atoms with E-state index in [4.69, 9.17) is 23.2 Å². The van der Waals surface area contributed by atoms with Crippen LogP contribution in [-0.2, 0) is 11.3 Å². The predicted molar refractivity (Wildman–Crippen MR) is 127 cm³/mol. The molecule has 1 heterocycles. The van der Waals surface area contributed by atoms with Crippen molar-refractivity contribution >= 4 is 57.5 Å². The minimum Gasteiger partial charge on any atom is -0.324 e. The molecule has 0 radical (unpaired) electrons. The molecule has 5 nitrogen and oxygen atoms in total. The monoisotopic (exact) mass is 469 g/mol. The quantitative estimate of drug-likeness (QED) is 0.299. The van der Waals surface area contributed by atoms with Gasteiger partial charge >= 0.3 is 0 Å². The Bertz CT molecular complexity index is 1310. The number of fused-ring (bicyclic) bond motifs is 1. The van der Waals surface area contributed by atoms with Gasteiger partial charge in [0.05, 0.1) is 33.9 Å². The van der Waals surface area contributed by atoms with Gasteiger partial charge in [0.1, 0.15) is 0 Å². The lowest BCUT2D eigenvalue weighted by Crippen LogP contribution is -2.24. The van der Waals surface area contributed by atoms with Crippen LogP contribution in [0.1, 0.15) is 5.56 Å². The molecule has 3 aromatic carbocycles. The van der Waals surface area contributed by atoms with E-state index in [1.165, 1.54) is 11.8 Å². The largest absolute Gasteiger partial charge is 0.324 e. The van der Waals surface area contributed by atoms with Crippen molar-refractivity contribution in [2.75, 3.05) is 11.1 Å². The molecule has 31 heavy (non-hydrogen) atoms. The lowest BCUT2D eigenvalue weighted by Gasteiger charge is -2.13. The van der Waals surface area contributed by atoms with Crippen LogP contribution in [0.25, 0.3) is 10.9 Å². The van der Waals surface area contributed by atoms with Gasteiger partial charge in [0.25, 0.3) is 5.56 Å². The molecule has 4 aromatic rings. The van der Waals surface area contributed by atoms with Crippen molar-refractivity contribution in [2.45, 2.75) is 11.7 Å². The highest BCUT2D eigenvalue weighted by Gasteiger charge is 2.14. The number of hydrogen-bond donors (Lipinski definition) is 1. The van der Waals surface area contributed by atoms with Crippen LogP contribution < -0.4 is 10.9 Å². The topological polar surface area (TPSA) is 64.0 Å². The smallest absolute Gasteiger partial charge is 0.262 e. The number of carbonyl (C=O) groups is 1. The molecule has 4 rings (SSSR count). The third-order valence-electron chi connectivity index (χ3n) is 4.54. The van der Waals surface area contributed by atoms with Gasteiger partial charge in [-0.25, -0.2) is 4.98 Å². The molecule has 0 aliphatic carbocycles. The van der Waals surface area contributed by atoms with Crippen LogP contribution in [0, 0.1) is 0 Å². The molecule has 0 unspecified atom stereocenters. The molecule has 0 aliphatic heterocycles. The summed E-state index contributed by atoms with van der Waals surface area (Å²) < 4.78 is 1.60. The second-order valence-electron chi connectivity index (χ2n) is 6.75. The summed E-state index contributed by atoms with van der Waals surface area (Å²) in [6, 6.07) is 21.7. The molecule has 1 amide bonds. The Kier molecular flexibility index (Phi) is 6.61. The van der Waals surface area contributed by atoms with Crippen molar-refractivity contribution in [1.82, 2.24) is 9.55 Å². The Morgan fingerprint density at radius 3 is 2.55 bits per heavy atom. The maximum Gasteiger partial charge on any atom is 0.262 e. The number of benzene rings is 3. The van der Waals surface area contributed by atoms with Gasteiger partial charge < -0.3 is 5.32 Å². The van der Waals surface area contributed by atoms with Crippen LogP contribution >= 0.6 is 35.0 Å². The maximum absolute atomic E-state index is 13.1. The van der Waals surface area contributed by atoms with Crippen LogP contribution in [0.15, 0.2) is 82.7 Å². The second kappa shape index (κ2) is 9.56. The molecule has 8 heteroatoms. The first kappa shape index (κ1) is 21.4. The summed E-state index contributed by atoms with van der Waals surface area (Å²) in [6.45, 7) is 0.363. The third-order valence-corrected chi connectivity index (χ3v) is 6.09. The number of nitrogens with zero attached hydrogens (tertiary/aromatic N) is 2. The fraction of sp³-hybridized carbons (Fsp3) is 0.0870. The molecule has 0 saturated heterocycles. The zero-order valence-electron chi connectivity index (χ0n) is 16.2. The normalized spacial score (nSPS) is 10.9.